The van der Waals surface area contributed by atoms with Crippen LogP contribution in [0.3, 0.4) is 0 Å². The first kappa shape index (κ1) is 24.7. The van der Waals surface area contributed by atoms with Crippen molar-refractivity contribution in [1.29, 1.82) is 0 Å². The fraction of sp³-hybridized carbons (Fsp3) is 0.250. The van der Waals surface area contributed by atoms with Gasteiger partial charge in [-0.05, 0) is 67.8 Å². The average molecular weight is 488 g/mol. The van der Waals surface area contributed by atoms with Crippen molar-refractivity contribution < 1.29 is 9.53 Å². The third-order valence-corrected chi connectivity index (χ3v) is 6.66. The lowest BCUT2D eigenvalue weighted by Gasteiger charge is -2.15. The molecule has 0 atom stereocenters. The Morgan fingerprint density at radius 2 is 1.69 bits per heavy atom. The van der Waals surface area contributed by atoms with Crippen LogP contribution in [0.2, 0.25) is 0 Å². The Morgan fingerprint density at radius 3 is 2.37 bits per heavy atom. The molecule has 0 saturated heterocycles. The van der Waals surface area contributed by atoms with Crippen LogP contribution in [0.5, 0.6) is 0 Å². The van der Waals surface area contributed by atoms with Crippen LogP contribution in [-0.4, -0.2) is 35.7 Å². The summed E-state index contributed by atoms with van der Waals surface area (Å²) in [7, 11) is 1.59. The van der Waals surface area contributed by atoms with Crippen molar-refractivity contribution in [3.8, 4) is 5.69 Å². The molecule has 0 spiro atoms. The zero-order valence-electron chi connectivity index (χ0n) is 20.4. The predicted octanol–water partition coefficient (Wildman–Crippen LogP) is 4.98. The number of amides is 1. The fourth-order valence-electron chi connectivity index (χ4n) is 3.91. The smallest absolute Gasteiger partial charge is 0.266 e. The van der Waals surface area contributed by atoms with E-state index in [0.29, 0.717) is 40.5 Å². The fourth-order valence-corrected chi connectivity index (χ4v) is 4.88. The van der Waals surface area contributed by atoms with Crippen LogP contribution >= 0.6 is 11.8 Å². The maximum atomic E-state index is 13.7. The molecular weight excluding hydrogens is 458 g/mol. The molecule has 4 rings (SSSR count). The van der Waals surface area contributed by atoms with Gasteiger partial charge in [-0.15, -0.1) is 0 Å². The number of nitrogens with one attached hydrogen (secondary N) is 1. The maximum Gasteiger partial charge on any atom is 0.266 e. The largest absolute Gasteiger partial charge is 0.383 e. The number of hydrogen-bond donors (Lipinski definition) is 1. The summed E-state index contributed by atoms with van der Waals surface area (Å²) < 4.78 is 6.68. The van der Waals surface area contributed by atoms with Crippen molar-refractivity contribution in [2.45, 2.75) is 31.7 Å². The molecule has 0 aliphatic rings. The second kappa shape index (κ2) is 10.9. The Bertz CT molecular complexity index is 1410. The predicted molar refractivity (Wildman–Crippen MR) is 142 cm³/mol. The molecule has 7 heteroatoms. The molecule has 0 saturated carbocycles. The highest BCUT2D eigenvalue weighted by molar-refractivity contribution is 7.98. The molecule has 0 radical (unpaired) electrons. The summed E-state index contributed by atoms with van der Waals surface area (Å²) in [4.78, 5) is 31.1. The minimum absolute atomic E-state index is 0.155. The number of fused-ring (bicyclic) bond motifs is 1. The first-order valence-corrected chi connectivity index (χ1v) is 12.5. The number of ether oxygens (including phenoxy) is 1. The summed E-state index contributed by atoms with van der Waals surface area (Å²) in [5, 5.41) is 3.87. The molecule has 0 aliphatic carbocycles. The third-order valence-electron chi connectivity index (χ3n) is 5.65. The van der Waals surface area contributed by atoms with Gasteiger partial charge in [-0.25, -0.2) is 4.98 Å². The molecule has 180 valence electrons. The number of hydrogen-bond acceptors (Lipinski definition) is 5. The second-order valence-corrected chi connectivity index (χ2v) is 9.58. The van der Waals surface area contributed by atoms with E-state index in [1.807, 2.05) is 26.0 Å². The van der Waals surface area contributed by atoms with Crippen molar-refractivity contribution in [1.82, 2.24) is 14.9 Å². The van der Waals surface area contributed by atoms with Gasteiger partial charge in [0.25, 0.3) is 11.5 Å². The van der Waals surface area contributed by atoms with Crippen molar-refractivity contribution in [3.05, 3.63) is 98.8 Å². The van der Waals surface area contributed by atoms with Gasteiger partial charge < -0.3 is 10.1 Å². The number of aromatic nitrogens is 2. The summed E-state index contributed by atoms with van der Waals surface area (Å²) in [6.45, 7) is 6.93. The van der Waals surface area contributed by atoms with Crippen LogP contribution in [0.25, 0.3) is 16.6 Å². The Hall–Kier alpha value is -3.42. The van der Waals surface area contributed by atoms with Crippen LogP contribution < -0.4 is 10.9 Å². The van der Waals surface area contributed by atoms with Crippen LogP contribution in [-0.2, 0) is 10.5 Å². The monoisotopic (exact) mass is 487 g/mol. The second-order valence-electron chi connectivity index (χ2n) is 8.64. The molecule has 1 N–H and O–H groups in total. The number of benzene rings is 3. The van der Waals surface area contributed by atoms with Gasteiger partial charge >= 0.3 is 0 Å². The highest BCUT2D eigenvalue weighted by atomic mass is 32.2. The van der Waals surface area contributed by atoms with E-state index in [9.17, 15) is 9.59 Å². The van der Waals surface area contributed by atoms with Crippen LogP contribution in [0, 0.1) is 20.8 Å². The van der Waals surface area contributed by atoms with Crippen LogP contribution in [0.15, 0.2) is 70.6 Å². The lowest BCUT2D eigenvalue weighted by molar-refractivity contribution is 0.0937. The number of thioether (sulfide) groups is 1. The van der Waals surface area contributed by atoms with Gasteiger partial charge in [-0.2, -0.15) is 0 Å². The molecule has 0 bridgehead atoms. The Kier molecular flexibility index (Phi) is 7.68. The molecule has 1 heterocycles. The van der Waals surface area contributed by atoms with Crippen molar-refractivity contribution in [3.63, 3.8) is 0 Å². The topological polar surface area (TPSA) is 73.2 Å². The van der Waals surface area contributed by atoms with Gasteiger partial charge in [0.2, 0.25) is 0 Å². The number of carbonyl (C=O) groups is 1. The number of carbonyl (C=O) groups excluding carboxylic acids is 1. The molecule has 35 heavy (non-hydrogen) atoms. The quantitative estimate of drug-likeness (QED) is 0.216. The molecular formula is C28H29N3O3S. The molecule has 0 fully saturated rings. The zero-order valence-corrected chi connectivity index (χ0v) is 21.2. The first-order valence-electron chi connectivity index (χ1n) is 11.5. The highest BCUT2D eigenvalue weighted by Gasteiger charge is 2.16. The lowest BCUT2D eigenvalue weighted by Crippen LogP contribution is -2.27. The van der Waals surface area contributed by atoms with Gasteiger partial charge in [-0.1, -0.05) is 47.7 Å². The van der Waals surface area contributed by atoms with Gasteiger partial charge in [0.05, 0.1) is 23.2 Å². The molecule has 0 aliphatic heterocycles. The summed E-state index contributed by atoms with van der Waals surface area (Å²) >= 11 is 1.51. The van der Waals surface area contributed by atoms with E-state index in [-0.39, 0.29) is 11.5 Å². The SMILES string of the molecule is COCCNC(=O)c1ccc2c(=O)n(-c3cc(C)cc(C)c3)c(SCc3ccc(C)cc3)nc2c1. The summed E-state index contributed by atoms with van der Waals surface area (Å²) in [5.74, 6) is 0.443. The maximum absolute atomic E-state index is 13.7. The van der Waals surface area contributed by atoms with E-state index in [4.69, 9.17) is 9.72 Å². The first-order chi connectivity index (χ1) is 16.9. The van der Waals surface area contributed by atoms with Gasteiger partial charge in [0.15, 0.2) is 5.16 Å². The minimum Gasteiger partial charge on any atom is -0.383 e. The Labute approximate surface area is 209 Å². The van der Waals surface area contributed by atoms with Gasteiger partial charge in [0.1, 0.15) is 0 Å². The third kappa shape index (κ3) is 5.81. The van der Waals surface area contributed by atoms with E-state index in [1.54, 1.807) is 29.9 Å². The number of aryl methyl sites for hydroxylation is 3. The molecule has 0 unspecified atom stereocenters. The minimum atomic E-state index is -0.224. The van der Waals surface area contributed by atoms with Crippen molar-refractivity contribution >= 4 is 28.6 Å². The van der Waals surface area contributed by atoms with Crippen LogP contribution in [0.1, 0.15) is 32.6 Å². The Morgan fingerprint density at radius 1 is 0.971 bits per heavy atom. The zero-order chi connectivity index (χ0) is 24.9. The van der Waals surface area contributed by atoms with Crippen molar-refractivity contribution in [2.75, 3.05) is 20.3 Å². The number of methoxy groups -OCH3 is 1. The van der Waals surface area contributed by atoms with Crippen LogP contribution in [0.4, 0.5) is 0 Å². The summed E-state index contributed by atoms with van der Waals surface area (Å²) in [5.41, 5.74) is 6.08. The standard InChI is InChI=1S/C28H29N3O3S/c1-18-5-7-21(8-6-18)17-35-28-30-25-16-22(26(32)29-11-12-34-4)9-10-24(25)27(33)31(28)23-14-19(2)13-20(3)15-23/h5-10,13-16H,11-12,17H2,1-4H3,(H,29,32). The number of nitrogens with zero attached hydrogens (tertiary/aromatic N) is 2. The van der Waals surface area contributed by atoms with E-state index < -0.39 is 0 Å². The van der Waals surface area contributed by atoms with E-state index in [0.717, 1.165) is 22.4 Å². The molecule has 4 aromatic rings. The Balaban J connectivity index is 1.80. The molecule has 6 nitrogen and oxygen atoms in total. The lowest BCUT2D eigenvalue weighted by atomic mass is 10.1. The summed E-state index contributed by atoms with van der Waals surface area (Å²) in [6, 6.07) is 19.4. The van der Waals surface area contributed by atoms with E-state index in [2.05, 4.69) is 42.6 Å². The normalized spacial score (nSPS) is 11.1. The van der Waals surface area contributed by atoms with E-state index >= 15 is 0 Å². The molecule has 1 amide bonds. The summed E-state index contributed by atoms with van der Waals surface area (Å²) in [6.07, 6.45) is 0. The van der Waals surface area contributed by atoms with Gasteiger partial charge in [0, 0.05) is 25.0 Å². The number of rotatable bonds is 8. The van der Waals surface area contributed by atoms with Gasteiger partial charge in [-0.3, -0.25) is 14.2 Å². The molecule has 3 aromatic carbocycles. The average Bonchev–Trinajstić information content (AvgIpc) is 2.83. The highest BCUT2D eigenvalue weighted by Crippen LogP contribution is 2.26. The van der Waals surface area contributed by atoms with Crippen molar-refractivity contribution in [2.24, 2.45) is 0 Å². The van der Waals surface area contributed by atoms with E-state index in [1.165, 1.54) is 17.3 Å². The molecule has 1 aromatic heterocycles.